The van der Waals surface area contributed by atoms with Crippen molar-refractivity contribution in [1.29, 1.82) is 0 Å². The SMILES string of the molecule is C#CCCCCNS(=O)(=O)c1cc(N)c(Br)cc1F. The highest BCUT2D eigenvalue weighted by Crippen LogP contribution is 2.25. The molecule has 104 valence electrons. The van der Waals surface area contributed by atoms with Crippen LogP contribution in [0.3, 0.4) is 0 Å². The molecular formula is C12H14BrFN2O2S. The molecule has 0 amide bonds. The summed E-state index contributed by atoms with van der Waals surface area (Å²) in [4.78, 5) is -0.454. The molecule has 1 aromatic carbocycles. The summed E-state index contributed by atoms with van der Waals surface area (Å²) in [7, 11) is -3.89. The van der Waals surface area contributed by atoms with E-state index in [0.29, 0.717) is 23.7 Å². The minimum atomic E-state index is -3.89. The second kappa shape index (κ2) is 6.89. The molecule has 0 unspecified atom stereocenters. The van der Waals surface area contributed by atoms with Crippen molar-refractivity contribution < 1.29 is 12.8 Å². The van der Waals surface area contributed by atoms with Crippen LogP contribution in [-0.4, -0.2) is 15.0 Å². The lowest BCUT2D eigenvalue weighted by Gasteiger charge is -2.09. The number of rotatable bonds is 6. The van der Waals surface area contributed by atoms with E-state index in [2.05, 4.69) is 26.6 Å². The van der Waals surface area contributed by atoms with Crippen LogP contribution in [0.15, 0.2) is 21.5 Å². The Labute approximate surface area is 120 Å². The highest BCUT2D eigenvalue weighted by atomic mass is 79.9. The Bertz CT molecular complexity index is 596. The Morgan fingerprint density at radius 2 is 2.11 bits per heavy atom. The number of nitrogen functional groups attached to an aromatic ring is 1. The van der Waals surface area contributed by atoms with E-state index in [1.165, 1.54) is 0 Å². The smallest absolute Gasteiger partial charge is 0.243 e. The number of nitrogens with one attached hydrogen (secondary N) is 1. The van der Waals surface area contributed by atoms with Crippen LogP contribution >= 0.6 is 15.9 Å². The Morgan fingerprint density at radius 3 is 2.74 bits per heavy atom. The Balaban J connectivity index is 2.78. The van der Waals surface area contributed by atoms with E-state index in [9.17, 15) is 12.8 Å². The molecule has 4 nitrogen and oxygen atoms in total. The van der Waals surface area contributed by atoms with Crippen molar-refractivity contribution in [2.45, 2.75) is 24.2 Å². The maximum absolute atomic E-state index is 13.6. The van der Waals surface area contributed by atoms with Crippen LogP contribution < -0.4 is 10.5 Å². The third-order valence-electron chi connectivity index (χ3n) is 2.38. The van der Waals surface area contributed by atoms with E-state index in [1.54, 1.807) is 0 Å². The van der Waals surface area contributed by atoms with Crippen LogP contribution in [0.5, 0.6) is 0 Å². The van der Waals surface area contributed by atoms with Gasteiger partial charge in [0.05, 0.1) is 0 Å². The number of anilines is 1. The van der Waals surface area contributed by atoms with E-state index in [1.807, 2.05) is 0 Å². The summed E-state index contributed by atoms with van der Waals surface area (Å²) in [6, 6.07) is 2.12. The van der Waals surface area contributed by atoms with Crippen molar-refractivity contribution in [3.63, 3.8) is 0 Å². The van der Waals surface area contributed by atoms with Crippen LogP contribution in [0, 0.1) is 18.2 Å². The molecule has 0 atom stereocenters. The first-order chi connectivity index (χ1) is 8.88. The molecule has 0 aliphatic heterocycles. The molecule has 0 aliphatic rings. The average Bonchev–Trinajstić information content (AvgIpc) is 2.33. The molecule has 19 heavy (non-hydrogen) atoms. The van der Waals surface area contributed by atoms with Gasteiger partial charge in [-0.1, -0.05) is 0 Å². The summed E-state index contributed by atoms with van der Waals surface area (Å²) in [5.74, 6) is 1.61. The monoisotopic (exact) mass is 348 g/mol. The summed E-state index contributed by atoms with van der Waals surface area (Å²) in [5, 5.41) is 0. The molecular weight excluding hydrogens is 335 g/mol. The third kappa shape index (κ3) is 4.49. The van der Waals surface area contributed by atoms with Gasteiger partial charge in [0.15, 0.2) is 0 Å². The van der Waals surface area contributed by atoms with Crippen LogP contribution in [0.4, 0.5) is 10.1 Å². The number of benzene rings is 1. The maximum Gasteiger partial charge on any atom is 0.243 e. The molecule has 0 radical (unpaired) electrons. The molecule has 0 fully saturated rings. The topological polar surface area (TPSA) is 72.2 Å². The molecule has 0 aliphatic carbocycles. The second-order valence-electron chi connectivity index (χ2n) is 3.86. The van der Waals surface area contributed by atoms with Gasteiger partial charge in [-0.2, -0.15) is 0 Å². The van der Waals surface area contributed by atoms with Crippen molar-refractivity contribution in [1.82, 2.24) is 4.72 Å². The number of unbranched alkanes of at least 4 members (excludes halogenated alkanes) is 2. The van der Waals surface area contributed by atoms with Crippen molar-refractivity contribution in [2.24, 2.45) is 0 Å². The number of nitrogens with two attached hydrogens (primary N) is 1. The molecule has 1 aromatic rings. The molecule has 0 bridgehead atoms. The van der Waals surface area contributed by atoms with Gasteiger partial charge in [0.25, 0.3) is 0 Å². The average molecular weight is 349 g/mol. The summed E-state index contributed by atoms with van der Waals surface area (Å²) in [6.45, 7) is 0.208. The van der Waals surface area contributed by atoms with Crippen molar-refractivity contribution in [3.05, 3.63) is 22.4 Å². The zero-order valence-electron chi connectivity index (χ0n) is 10.1. The van der Waals surface area contributed by atoms with Crippen LogP contribution in [-0.2, 0) is 10.0 Å². The van der Waals surface area contributed by atoms with Gasteiger partial charge in [-0.05, 0) is 40.9 Å². The lowest BCUT2D eigenvalue weighted by Crippen LogP contribution is -2.25. The minimum Gasteiger partial charge on any atom is -0.398 e. The molecule has 3 N–H and O–H groups in total. The van der Waals surface area contributed by atoms with E-state index in [4.69, 9.17) is 12.2 Å². The lowest BCUT2D eigenvalue weighted by atomic mass is 10.2. The summed E-state index contributed by atoms with van der Waals surface area (Å²) in [6.07, 6.45) is 6.97. The lowest BCUT2D eigenvalue weighted by molar-refractivity contribution is 0.554. The minimum absolute atomic E-state index is 0.161. The van der Waals surface area contributed by atoms with E-state index in [-0.39, 0.29) is 12.2 Å². The summed E-state index contributed by atoms with van der Waals surface area (Å²) in [5.41, 5.74) is 5.71. The number of halogens is 2. The van der Waals surface area contributed by atoms with Gasteiger partial charge in [0.1, 0.15) is 10.7 Å². The Kier molecular flexibility index (Phi) is 5.79. The second-order valence-corrected chi connectivity index (χ2v) is 6.45. The van der Waals surface area contributed by atoms with Gasteiger partial charge in [-0.3, -0.25) is 0 Å². The first-order valence-electron chi connectivity index (χ1n) is 5.56. The van der Waals surface area contributed by atoms with Crippen molar-refractivity contribution in [2.75, 3.05) is 12.3 Å². The summed E-state index contributed by atoms with van der Waals surface area (Å²) >= 11 is 3.03. The van der Waals surface area contributed by atoms with Crippen LogP contribution in [0.25, 0.3) is 0 Å². The Hall–Kier alpha value is -1.10. The van der Waals surface area contributed by atoms with Crippen LogP contribution in [0.2, 0.25) is 0 Å². The van der Waals surface area contributed by atoms with Gasteiger partial charge in [-0.25, -0.2) is 17.5 Å². The van der Waals surface area contributed by atoms with Crippen molar-refractivity contribution >= 4 is 31.6 Å². The fraction of sp³-hybridized carbons (Fsp3) is 0.333. The quantitative estimate of drug-likeness (QED) is 0.470. The number of hydrogen-bond donors (Lipinski definition) is 2. The molecule has 0 spiro atoms. The molecule has 0 aromatic heterocycles. The number of hydrogen-bond acceptors (Lipinski definition) is 3. The molecule has 0 saturated heterocycles. The zero-order valence-corrected chi connectivity index (χ0v) is 12.5. The number of terminal acetylenes is 1. The van der Waals surface area contributed by atoms with Crippen LogP contribution in [0.1, 0.15) is 19.3 Å². The zero-order chi connectivity index (χ0) is 14.5. The number of sulfonamides is 1. The Morgan fingerprint density at radius 1 is 1.42 bits per heavy atom. The van der Waals surface area contributed by atoms with Gasteiger partial charge in [0.2, 0.25) is 10.0 Å². The summed E-state index contributed by atoms with van der Waals surface area (Å²) < 4.78 is 40.0. The van der Waals surface area contributed by atoms with E-state index in [0.717, 1.165) is 12.1 Å². The maximum atomic E-state index is 13.6. The van der Waals surface area contributed by atoms with Gasteiger partial charge in [-0.15, -0.1) is 12.3 Å². The first-order valence-corrected chi connectivity index (χ1v) is 7.83. The van der Waals surface area contributed by atoms with E-state index < -0.39 is 20.7 Å². The predicted molar refractivity (Wildman–Crippen MR) is 76.4 cm³/mol. The first kappa shape index (κ1) is 16.0. The molecule has 0 heterocycles. The fourth-order valence-electron chi connectivity index (χ4n) is 1.39. The molecule has 0 saturated carbocycles. The standard InChI is InChI=1S/C12H14BrFN2O2S/c1-2-3-4-5-6-16-19(17,18)12-8-11(15)9(13)7-10(12)14/h1,7-8,16H,3-6,15H2. The van der Waals surface area contributed by atoms with Gasteiger partial charge in [0, 0.05) is 23.1 Å². The largest absolute Gasteiger partial charge is 0.398 e. The molecule has 7 heteroatoms. The van der Waals surface area contributed by atoms with Gasteiger partial charge >= 0.3 is 0 Å². The molecule has 1 rings (SSSR count). The fourth-order valence-corrected chi connectivity index (χ4v) is 2.87. The van der Waals surface area contributed by atoms with Gasteiger partial charge < -0.3 is 5.73 Å². The normalized spacial score (nSPS) is 11.2. The third-order valence-corrected chi connectivity index (χ3v) is 4.54. The highest BCUT2D eigenvalue weighted by molar-refractivity contribution is 9.10. The highest BCUT2D eigenvalue weighted by Gasteiger charge is 2.20. The van der Waals surface area contributed by atoms with E-state index >= 15 is 0 Å². The van der Waals surface area contributed by atoms with Crippen molar-refractivity contribution in [3.8, 4) is 12.3 Å². The predicted octanol–water partition coefficient (Wildman–Crippen LogP) is 2.25.